The molecule has 0 bridgehead atoms. The summed E-state index contributed by atoms with van der Waals surface area (Å²) in [6.45, 7) is 0. The molecular weight excluding hydrogens is 300 g/mol. The van der Waals surface area contributed by atoms with Crippen LogP contribution in [0.25, 0.3) is 0 Å². The number of ether oxygens (including phenoxy) is 2. The Morgan fingerprint density at radius 2 is 1.18 bits per heavy atom. The minimum Gasteiger partial charge on any atom is -0.465 e. The molecule has 0 radical (unpaired) electrons. The molecule has 0 fully saturated rings. The van der Waals surface area contributed by atoms with Crippen LogP contribution in [0, 0.1) is 0 Å². The first kappa shape index (κ1) is 16.1. The number of hydrogen-bond donors (Lipinski definition) is 0. The maximum absolute atomic E-state index is 11.9. The number of benzene rings is 2. The van der Waals surface area contributed by atoms with Crippen molar-refractivity contribution in [2.45, 2.75) is 5.25 Å². The van der Waals surface area contributed by atoms with E-state index in [9.17, 15) is 9.59 Å². The lowest BCUT2D eigenvalue weighted by molar-refractivity contribution is 0.0592. The molecule has 0 atom stereocenters. The molecule has 0 N–H and O–H groups in total. The van der Waals surface area contributed by atoms with Crippen LogP contribution in [0.1, 0.15) is 37.1 Å². The van der Waals surface area contributed by atoms with Crippen molar-refractivity contribution in [3.05, 3.63) is 70.8 Å². The number of carbonyl (C=O) groups excluding carboxylic acids is 2. The molecule has 5 heteroatoms. The minimum atomic E-state index is -0.422. The Morgan fingerprint density at radius 3 is 1.55 bits per heavy atom. The van der Waals surface area contributed by atoms with Gasteiger partial charge in [0.05, 0.1) is 25.3 Å². The van der Waals surface area contributed by atoms with Gasteiger partial charge in [-0.2, -0.15) is 0 Å². The SMILES string of the molecule is COC(=O)c1ccccc1C([SH2+])c1ccccc1C(=O)OC. The van der Waals surface area contributed by atoms with Crippen LogP contribution in [0.15, 0.2) is 48.5 Å². The number of methoxy groups -OCH3 is 2. The molecule has 0 saturated heterocycles. The molecule has 2 rings (SSSR count). The van der Waals surface area contributed by atoms with Crippen molar-refractivity contribution in [1.82, 2.24) is 0 Å². The van der Waals surface area contributed by atoms with Crippen LogP contribution in [0.2, 0.25) is 0 Å². The first-order valence-corrected chi connectivity index (χ1v) is 7.23. The summed E-state index contributed by atoms with van der Waals surface area (Å²) in [6, 6.07) is 14.2. The molecule has 22 heavy (non-hydrogen) atoms. The van der Waals surface area contributed by atoms with Gasteiger partial charge in [0.15, 0.2) is 5.25 Å². The van der Waals surface area contributed by atoms with Gasteiger partial charge in [-0.15, -0.1) is 0 Å². The zero-order chi connectivity index (χ0) is 16.1. The Hall–Kier alpha value is -2.27. The number of hydrogen-bond acceptors (Lipinski definition) is 4. The number of rotatable bonds is 4. The Labute approximate surface area is 134 Å². The van der Waals surface area contributed by atoms with E-state index in [1.54, 1.807) is 24.3 Å². The van der Waals surface area contributed by atoms with Crippen LogP contribution in [0.5, 0.6) is 0 Å². The molecule has 0 heterocycles. The van der Waals surface area contributed by atoms with E-state index < -0.39 is 11.9 Å². The lowest BCUT2D eigenvalue weighted by atomic mass is 9.95. The normalized spacial score (nSPS) is 10.4. The molecule has 0 amide bonds. The Morgan fingerprint density at radius 1 is 0.818 bits per heavy atom. The molecule has 0 aliphatic rings. The van der Waals surface area contributed by atoms with Crippen LogP contribution >= 0.6 is 0 Å². The third-order valence-electron chi connectivity index (χ3n) is 3.35. The summed E-state index contributed by atoms with van der Waals surface area (Å²) in [6.07, 6.45) is 0. The second kappa shape index (κ2) is 7.13. The van der Waals surface area contributed by atoms with E-state index in [4.69, 9.17) is 9.47 Å². The fourth-order valence-electron chi connectivity index (χ4n) is 2.26. The van der Waals surface area contributed by atoms with Crippen molar-refractivity contribution >= 4 is 24.6 Å². The van der Waals surface area contributed by atoms with Crippen LogP contribution in [-0.4, -0.2) is 26.2 Å². The topological polar surface area (TPSA) is 52.6 Å². The molecule has 2 aromatic carbocycles. The highest BCUT2D eigenvalue weighted by atomic mass is 32.1. The molecular formula is C17H17O4S+. The summed E-state index contributed by atoms with van der Waals surface area (Å²) in [4.78, 5) is 23.8. The van der Waals surface area contributed by atoms with Gasteiger partial charge in [0.1, 0.15) is 0 Å². The van der Waals surface area contributed by atoms with E-state index in [1.165, 1.54) is 14.2 Å². The first-order chi connectivity index (χ1) is 10.6. The van der Waals surface area contributed by atoms with Crippen LogP contribution in [0.3, 0.4) is 0 Å². The van der Waals surface area contributed by atoms with E-state index in [2.05, 4.69) is 12.6 Å². The van der Waals surface area contributed by atoms with Gasteiger partial charge in [0.2, 0.25) is 0 Å². The zero-order valence-electron chi connectivity index (χ0n) is 12.3. The third-order valence-corrected chi connectivity index (χ3v) is 3.98. The lowest BCUT2D eigenvalue weighted by Crippen LogP contribution is -2.12. The highest BCUT2D eigenvalue weighted by Crippen LogP contribution is 2.29. The summed E-state index contributed by atoms with van der Waals surface area (Å²) < 4.78 is 9.62. The van der Waals surface area contributed by atoms with Crippen molar-refractivity contribution in [2.24, 2.45) is 0 Å². The van der Waals surface area contributed by atoms with Gasteiger partial charge in [0, 0.05) is 11.1 Å². The van der Waals surface area contributed by atoms with Crippen molar-refractivity contribution in [3.8, 4) is 0 Å². The van der Waals surface area contributed by atoms with E-state index in [0.717, 1.165) is 11.1 Å². The summed E-state index contributed by atoms with van der Waals surface area (Å²) in [5.41, 5.74) is 2.35. The molecule has 2 aromatic rings. The second-order valence-corrected chi connectivity index (χ2v) is 5.17. The molecule has 0 aliphatic heterocycles. The maximum Gasteiger partial charge on any atom is 0.338 e. The highest BCUT2D eigenvalue weighted by Gasteiger charge is 2.26. The molecule has 0 unspecified atom stereocenters. The van der Waals surface area contributed by atoms with Gasteiger partial charge >= 0.3 is 11.9 Å². The quantitative estimate of drug-likeness (QED) is 0.642. The Kier molecular flexibility index (Phi) is 5.22. The van der Waals surface area contributed by atoms with Crippen LogP contribution in [-0.2, 0) is 22.1 Å². The minimum absolute atomic E-state index is 0.342. The predicted octanol–water partition coefficient (Wildman–Crippen LogP) is 2.36. The average Bonchev–Trinajstić information content (AvgIpc) is 2.59. The molecule has 0 aliphatic carbocycles. The second-order valence-electron chi connectivity index (χ2n) is 4.59. The summed E-state index contributed by atoms with van der Waals surface area (Å²) in [5, 5.41) is -0.342. The average molecular weight is 317 g/mol. The lowest BCUT2D eigenvalue weighted by Gasteiger charge is -2.13. The molecule has 4 nitrogen and oxygen atoms in total. The fourth-order valence-corrected chi connectivity index (χ4v) is 2.76. The standard InChI is InChI=1S/C17H16O4S/c1-20-16(18)13-9-5-3-7-11(13)15(22)12-8-4-6-10-14(12)17(19)21-2/h3-10,15,22H,1-2H3/p+1. The summed E-state index contributed by atoms with van der Waals surface area (Å²) in [7, 11) is 2.67. The third kappa shape index (κ3) is 3.14. The van der Waals surface area contributed by atoms with E-state index in [1.807, 2.05) is 24.3 Å². The van der Waals surface area contributed by atoms with E-state index >= 15 is 0 Å². The van der Waals surface area contributed by atoms with Crippen molar-refractivity contribution in [1.29, 1.82) is 0 Å². The largest absolute Gasteiger partial charge is 0.465 e. The van der Waals surface area contributed by atoms with Crippen LogP contribution in [0.4, 0.5) is 0 Å². The van der Waals surface area contributed by atoms with Gasteiger partial charge in [-0.05, 0) is 24.8 Å². The van der Waals surface area contributed by atoms with E-state index in [0.29, 0.717) is 11.1 Å². The number of esters is 2. The van der Waals surface area contributed by atoms with Gasteiger partial charge in [-0.25, -0.2) is 9.59 Å². The van der Waals surface area contributed by atoms with Gasteiger partial charge in [-0.3, -0.25) is 0 Å². The van der Waals surface area contributed by atoms with E-state index in [-0.39, 0.29) is 5.25 Å². The number of carbonyl (C=O) groups is 2. The summed E-state index contributed by atoms with van der Waals surface area (Å²) in [5.74, 6) is -0.844. The van der Waals surface area contributed by atoms with Crippen molar-refractivity contribution < 1.29 is 19.1 Å². The van der Waals surface area contributed by atoms with Gasteiger partial charge < -0.3 is 9.47 Å². The Balaban J connectivity index is 2.52. The molecule has 0 saturated carbocycles. The monoisotopic (exact) mass is 317 g/mol. The smallest absolute Gasteiger partial charge is 0.338 e. The summed E-state index contributed by atoms with van der Waals surface area (Å²) >= 11 is 3.64. The van der Waals surface area contributed by atoms with Crippen molar-refractivity contribution in [2.75, 3.05) is 14.2 Å². The Bertz CT molecular complexity index is 637. The zero-order valence-corrected chi connectivity index (χ0v) is 13.3. The first-order valence-electron chi connectivity index (χ1n) is 6.65. The maximum atomic E-state index is 11.9. The molecule has 0 spiro atoms. The van der Waals surface area contributed by atoms with Crippen molar-refractivity contribution in [3.63, 3.8) is 0 Å². The molecule has 0 aromatic heterocycles. The highest BCUT2D eigenvalue weighted by molar-refractivity contribution is 7.59. The van der Waals surface area contributed by atoms with Crippen LogP contribution < -0.4 is 0 Å². The predicted molar refractivity (Wildman–Crippen MR) is 87.6 cm³/mol. The van der Waals surface area contributed by atoms with Gasteiger partial charge in [0.25, 0.3) is 0 Å². The van der Waals surface area contributed by atoms with Gasteiger partial charge in [-0.1, -0.05) is 36.4 Å². The fraction of sp³-hybridized carbons (Fsp3) is 0.176. The molecule has 114 valence electrons.